The molecule has 0 aliphatic carbocycles. The molecule has 0 atom stereocenters. The van der Waals surface area contributed by atoms with E-state index in [1.165, 1.54) is 0 Å². The summed E-state index contributed by atoms with van der Waals surface area (Å²) in [4.78, 5) is 23.6. The minimum Gasteiger partial charge on any atom is -0.355 e. The maximum Gasteiger partial charge on any atom is 0.228 e. The monoisotopic (exact) mass is 310 g/mol. The molecule has 0 unspecified atom stereocenters. The van der Waals surface area contributed by atoms with Gasteiger partial charge in [-0.25, -0.2) is 0 Å². The van der Waals surface area contributed by atoms with Crippen LogP contribution in [0.1, 0.15) is 11.1 Å². The standard InChI is InChI=1S/C18H20N3O2/c19-10-11-20-17(22)12-15-6-8-16(9-7-15)21-18(23)13-14-4-2-1-3-5-14/h2-9H,10-13,19H2,(H,20,22)(H,21,23). The first-order chi connectivity index (χ1) is 11.2. The topological polar surface area (TPSA) is 84.2 Å². The molecule has 0 heterocycles. The van der Waals surface area contributed by atoms with Gasteiger partial charge in [-0.05, 0) is 29.3 Å². The number of nitrogens with two attached hydrogens (primary N) is 1. The Morgan fingerprint density at radius 2 is 1.52 bits per heavy atom. The van der Waals surface area contributed by atoms with Crippen molar-refractivity contribution in [2.75, 3.05) is 18.4 Å². The van der Waals surface area contributed by atoms with E-state index in [9.17, 15) is 9.59 Å². The molecule has 0 spiro atoms. The number of anilines is 1. The van der Waals surface area contributed by atoms with Gasteiger partial charge < -0.3 is 16.4 Å². The number of nitrogens with one attached hydrogen (secondary N) is 2. The molecule has 2 amide bonds. The molecule has 0 saturated carbocycles. The van der Waals surface area contributed by atoms with Gasteiger partial charge in [0.05, 0.1) is 12.8 Å². The first-order valence-electron chi connectivity index (χ1n) is 7.48. The van der Waals surface area contributed by atoms with Crippen LogP contribution >= 0.6 is 0 Å². The molecule has 0 saturated heterocycles. The van der Waals surface area contributed by atoms with E-state index in [-0.39, 0.29) is 11.8 Å². The largest absolute Gasteiger partial charge is 0.355 e. The molecule has 23 heavy (non-hydrogen) atoms. The van der Waals surface area contributed by atoms with Crippen molar-refractivity contribution in [3.8, 4) is 0 Å². The molecular formula is C18H20N3O2. The predicted molar refractivity (Wildman–Crippen MR) is 89.8 cm³/mol. The highest BCUT2D eigenvalue weighted by molar-refractivity contribution is 5.92. The van der Waals surface area contributed by atoms with E-state index in [0.717, 1.165) is 11.1 Å². The molecular weight excluding hydrogens is 290 g/mol. The first kappa shape index (κ1) is 16.7. The molecule has 1 radical (unpaired) electrons. The Balaban J connectivity index is 1.84. The van der Waals surface area contributed by atoms with Gasteiger partial charge in [0.15, 0.2) is 0 Å². The van der Waals surface area contributed by atoms with Crippen molar-refractivity contribution in [1.29, 1.82) is 0 Å². The quantitative estimate of drug-likeness (QED) is 0.720. The lowest BCUT2D eigenvalue weighted by molar-refractivity contribution is -0.120. The number of hydrogen-bond donors (Lipinski definition) is 3. The Bertz CT molecular complexity index is 639. The summed E-state index contributed by atoms with van der Waals surface area (Å²) in [5, 5.41) is 5.56. The molecule has 0 bridgehead atoms. The van der Waals surface area contributed by atoms with Gasteiger partial charge >= 0.3 is 0 Å². The van der Waals surface area contributed by atoms with Crippen LogP contribution in [-0.4, -0.2) is 24.9 Å². The van der Waals surface area contributed by atoms with Gasteiger partial charge in [0.1, 0.15) is 0 Å². The summed E-state index contributed by atoms with van der Waals surface area (Å²) in [5.74, 6) is -0.141. The van der Waals surface area contributed by atoms with Crippen LogP contribution in [0.25, 0.3) is 0 Å². The third-order valence-electron chi connectivity index (χ3n) is 3.22. The second kappa shape index (κ2) is 8.70. The Morgan fingerprint density at radius 1 is 0.913 bits per heavy atom. The zero-order valence-corrected chi connectivity index (χ0v) is 12.8. The summed E-state index contributed by atoms with van der Waals surface area (Å²) in [7, 11) is 0. The average molecular weight is 310 g/mol. The van der Waals surface area contributed by atoms with E-state index in [4.69, 9.17) is 5.73 Å². The van der Waals surface area contributed by atoms with E-state index in [1.807, 2.05) is 24.3 Å². The van der Waals surface area contributed by atoms with Crippen LogP contribution in [0.4, 0.5) is 5.69 Å². The van der Waals surface area contributed by atoms with Gasteiger partial charge in [0.2, 0.25) is 11.8 Å². The molecule has 0 aliphatic rings. The Kier molecular flexibility index (Phi) is 6.32. The maximum atomic E-state index is 12.0. The number of rotatable bonds is 7. The zero-order valence-electron chi connectivity index (χ0n) is 12.8. The van der Waals surface area contributed by atoms with Crippen molar-refractivity contribution in [2.45, 2.75) is 12.8 Å². The zero-order chi connectivity index (χ0) is 16.5. The van der Waals surface area contributed by atoms with Gasteiger partial charge in [0.25, 0.3) is 0 Å². The van der Waals surface area contributed by atoms with Gasteiger partial charge in [-0.1, -0.05) is 36.4 Å². The van der Waals surface area contributed by atoms with Crippen LogP contribution in [0.2, 0.25) is 0 Å². The molecule has 5 heteroatoms. The molecule has 2 rings (SSSR count). The average Bonchev–Trinajstić information content (AvgIpc) is 2.55. The minimum absolute atomic E-state index is 0.0619. The van der Waals surface area contributed by atoms with Crippen molar-refractivity contribution in [2.24, 2.45) is 5.73 Å². The Morgan fingerprint density at radius 3 is 2.17 bits per heavy atom. The molecule has 0 aromatic heterocycles. The van der Waals surface area contributed by atoms with Gasteiger partial charge in [-0.3, -0.25) is 9.59 Å². The lowest BCUT2D eigenvalue weighted by atomic mass is 10.1. The normalized spacial score (nSPS) is 10.1. The fourth-order valence-corrected chi connectivity index (χ4v) is 2.10. The summed E-state index contributed by atoms with van der Waals surface area (Å²) < 4.78 is 0. The Hall–Kier alpha value is -2.66. The highest BCUT2D eigenvalue weighted by Gasteiger charge is 2.05. The summed E-state index contributed by atoms with van der Waals surface area (Å²) in [5.41, 5.74) is 7.87. The smallest absolute Gasteiger partial charge is 0.228 e. The van der Waals surface area contributed by atoms with Crippen molar-refractivity contribution < 1.29 is 9.59 Å². The van der Waals surface area contributed by atoms with E-state index >= 15 is 0 Å². The summed E-state index contributed by atoms with van der Waals surface area (Å²) in [6, 6.07) is 17.5. The lowest BCUT2D eigenvalue weighted by Gasteiger charge is -2.07. The van der Waals surface area contributed by atoms with Crippen LogP contribution < -0.4 is 16.4 Å². The second-order valence-corrected chi connectivity index (χ2v) is 5.15. The van der Waals surface area contributed by atoms with E-state index in [1.54, 1.807) is 24.3 Å². The Labute approximate surface area is 135 Å². The highest BCUT2D eigenvalue weighted by Crippen LogP contribution is 2.11. The summed E-state index contributed by atoms with van der Waals surface area (Å²) >= 11 is 0. The van der Waals surface area contributed by atoms with Gasteiger partial charge in [-0.2, -0.15) is 0 Å². The number of amides is 2. The third-order valence-corrected chi connectivity index (χ3v) is 3.22. The minimum atomic E-state index is -0.0790. The lowest BCUT2D eigenvalue weighted by Crippen LogP contribution is -2.30. The van der Waals surface area contributed by atoms with Crippen molar-refractivity contribution in [1.82, 2.24) is 5.32 Å². The maximum absolute atomic E-state index is 12.0. The summed E-state index contributed by atoms with van der Waals surface area (Å²) in [6.45, 7) is 0.903. The summed E-state index contributed by atoms with van der Waals surface area (Å²) in [6.07, 6.45) is 0.618. The number of hydrogen-bond acceptors (Lipinski definition) is 3. The van der Waals surface area contributed by atoms with E-state index < -0.39 is 0 Å². The van der Waals surface area contributed by atoms with Crippen LogP contribution in [0.5, 0.6) is 0 Å². The molecule has 0 aliphatic heterocycles. The number of carbonyl (C=O) groups excluding carboxylic acids is 2. The number of benzene rings is 2. The second-order valence-electron chi connectivity index (χ2n) is 5.15. The van der Waals surface area contributed by atoms with Crippen molar-refractivity contribution >= 4 is 17.5 Å². The third kappa shape index (κ3) is 5.92. The van der Waals surface area contributed by atoms with Crippen LogP contribution in [0, 0.1) is 6.07 Å². The van der Waals surface area contributed by atoms with Crippen molar-refractivity contribution in [3.05, 3.63) is 65.7 Å². The molecule has 5 nitrogen and oxygen atoms in total. The molecule has 0 fully saturated rings. The molecule has 2 aromatic carbocycles. The molecule has 4 N–H and O–H groups in total. The van der Waals surface area contributed by atoms with Crippen LogP contribution in [-0.2, 0) is 22.4 Å². The molecule has 2 aromatic rings. The fraction of sp³-hybridized carbons (Fsp3) is 0.222. The van der Waals surface area contributed by atoms with Crippen LogP contribution in [0.15, 0.2) is 48.5 Å². The van der Waals surface area contributed by atoms with Gasteiger partial charge in [0, 0.05) is 18.8 Å². The van der Waals surface area contributed by atoms with Crippen molar-refractivity contribution in [3.63, 3.8) is 0 Å². The number of carbonyl (C=O) groups is 2. The fourth-order valence-electron chi connectivity index (χ4n) is 2.10. The van der Waals surface area contributed by atoms with Crippen LogP contribution in [0.3, 0.4) is 0 Å². The van der Waals surface area contributed by atoms with E-state index in [0.29, 0.717) is 31.6 Å². The first-order valence-corrected chi connectivity index (χ1v) is 7.48. The molecule has 119 valence electrons. The SMILES string of the molecule is NCCNC(=O)Cc1ccc(NC(=O)Cc2cc[c]cc2)cc1. The highest BCUT2D eigenvalue weighted by atomic mass is 16.2. The predicted octanol–water partition coefficient (Wildman–Crippen LogP) is 1.29. The van der Waals surface area contributed by atoms with E-state index in [2.05, 4.69) is 16.7 Å². The van der Waals surface area contributed by atoms with Gasteiger partial charge in [-0.15, -0.1) is 0 Å².